The second-order valence-electron chi connectivity index (χ2n) is 6.30. The number of aliphatic imine (C=N–C) groups is 1. The SMILES string of the molecule is O=C(O)Cn1cc(-c2ccc(N3CCOc4ncnc5c4C3=N5)cc2F)cn1. The summed E-state index contributed by atoms with van der Waals surface area (Å²) in [6.07, 6.45) is 4.35. The van der Waals surface area contributed by atoms with Crippen LogP contribution in [0.4, 0.5) is 15.9 Å². The van der Waals surface area contributed by atoms with Crippen LogP contribution in [0.1, 0.15) is 5.56 Å². The van der Waals surface area contributed by atoms with E-state index in [2.05, 4.69) is 20.1 Å². The molecule has 0 amide bonds. The normalized spacial score (nSPS) is 14.5. The van der Waals surface area contributed by atoms with Crippen molar-refractivity contribution >= 4 is 23.3 Å². The molecule has 2 aromatic heterocycles. The molecule has 28 heavy (non-hydrogen) atoms. The third-order valence-corrected chi connectivity index (χ3v) is 4.54. The lowest BCUT2D eigenvalue weighted by atomic mass is 10.1. The lowest BCUT2D eigenvalue weighted by Gasteiger charge is -2.28. The molecule has 1 N–H and O–H groups in total. The van der Waals surface area contributed by atoms with E-state index in [4.69, 9.17) is 9.84 Å². The molecule has 0 radical (unpaired) electrons. The number of halogens is 1. The molecule has 0 saturated heterocycles. The Morgan fingerprint density at radius 1 is 1.32 bits per heavy atom. The number of amidine groups is 1. The summed E-state index contributed by atoms with van der Waals surface area (Å²) in [7, 11) is 0. The average molecular weight is 380 g/mol. The monoisotopic (exact) mass is 380 g/mol. The highest BCUT2D eigenvalue weighted by molar-refractivity contribution is 6.20. The Kier molecular flexibility index (Phi) is 3.57. The molecule has 2 aliphatic rings. The minimum atomic E-state index is -1.02. The van der Waals surface area contributed by atoms with Crippen molar-refractivity contribution in [2.75, 3.05) is 18.1 Å². The van der Waals surface area contributed by atoms with Crippen LogP contribution in [-0.2, 0) is 11.3 Å². The molecule has 0 saturated carbocycles. The van der Waals surface area contributed by atoms with Crippen molar-refractivity contribution in [3.05, 3.63) is 48.3 Å². The number of benzene rings is 1. The molecule has 10 heteroatoms. The first kappa shape index (κ1) is 16.4. The van der Waals surface area contributed by atoms with E-state index in [1.54, 1.807) is 12.1 Å². The predicted octanol–water partition coefficient (Wildman–Crippen LogP) is 1.85. The van der Waals surface area contributed by atoms with Crippen molar-refractivity contribution in [3.63, 3.8) is 0 Å². The smallest absolute Gasteiger partial charge is 0.325 e. The van der Waals surface area contributed by atoms with Gasteiger partial charge in [0, 0.05) is 23.0 Å². The van der Waals surface area contributed by atoms with Crippen molar-refractivity contribution in [1.29, 1.82) is 0 Å². The Labute approximate surface area is 157 Å². The van der Waals surface area contributed by atoms with Crippen LogP contribution in [0.15, 0.2) is 41.9 Å². The summed E-state index contributed by atoms with van der Waals surface area (Å²) in [5.74, 6) is 0.251. The third kappa shape index (κ3) is 2.57. The van der Waals surface area contributed by atoms with Gasteiger partial charge in [0.1, 0.15) is 30.9 Å². The van der Waals surface area contributed by atoms with E-state index in [1.165, 1.54) is 29.5 Å². The maximum atomic E-state index is 14.8. The summed E-state index contributed by atoms with van der Waals surface area (Å²) in [4.78, 5) is 25.3. The molecule has 0 atom stereocenters. The van der Waals surface area contributed by atoms with Crippen molar-refractivity contribution < 1.29 is 19.0 Å². The number of ether oxygens (including phenoxy) is 1. The quantitative estimate of drug-likeness (QED) is 0.736. The van der Waals surface area contributed by atoms with Gasteiger partial charge in [-0.05, 0) is 18.2 Å². The molecular formula is C18H13FN6O3. The van der Waals surface area contributed by atoms with Gasteiger partial charge in [0.25, 0.3) is 0 Å². The molecule has 2 aliphatic heterocycles. The number of hydrogen-bond acceptors (Lipinski definition) is 7. The molecule has 9 nitrogen and oxygen atoms in total. The van der Waals surface area contributed by atoms with E-state index in [1.807, 2.05) is 4.90 Å². The Morgan fingerprint density at radius 2 is 2.21 bits per heavy atom. The van der Waals surface area contributed by atoms with E-state index in [9.17, 15) is 9.18 Å². The van der Waals surface area contributed by atoms with Gasteiger partial charge in [-0.2, -0.15) is 5.10 Å². The maximum absolute atomic E-state index is 14.8. The molecule has 0 bridgehead atoms. The van der Waals surface area contributed by atoms with Crippen LogP contribution in [0, 0.1) is 5.82 Å². The highest BCUT2D eigenvalue weighted by Gasteiger charge is 2.34. The zero-order valence-corrected chi connectivity index (χ0v) is 14.4. The minimum Gasteiger partial charge on any atom is -0.480 e. The van der Waals surface area contributed by atoms with Gasteiger partial charge < -0.3 is 14.7 Å². The summed E-state index contributed by atoms with van der Waals surface area (Å²) < 4.78 is 21.7. The molecule has 0 unspecified atom stereocenters. The predicted molar refractivity (Wildman–Crippen MR) is 96.3 cm³/mol. The summed E-state index contributed by atoms with van der Waals surface area (Å²) in [5, 5.41) is 12.8. The van der Waals surface area contributed by atoms with Crippen molar-refractivity contribution in [2.45, 2.75) is 6.54 Å². The fourth-order valence-electron chi connectivity index (χ4n) is 3.27. The van der Waals surface area contributed by atoms with Crippen LogP contribution in [0.5, 0.6) is 5.88 Å². The van der Waals surface area contributed by atoms with E-state index < -0.39 is 11.8 Å². The molecule has 0 fully saturated rings. The number of rotatable bonds is 4. The third-order valence-electron chi connectivity index (χ3n) is 4.54. The first-order chi connectivity index (χ1) is 13.6. The number of nitrogens with zero attached hydrogens (tertiary/aromatic N) is 6. The van der Waals surface area contributed by atoms with Crippen molar-refractivity contribution in [3.8, 4) is 17.0 Å². The molecular weight excluding hydrogens is 367 g/mol. The second-order valence-corrected chi connectivity index (χ2v) is 6.30. The Bertz CT molecular complexity index is 1140. The zero-order valence-electron chi connectivity index (χ0n) is 14.4. The van der Waals surface area contributed by atoms with Crippen LogP contribution >= 0.6 is 0 Å². The zero-order chi connectivity index (χ0) is 19.3. The van der Waals surface area contributed by atoms with Gasteiger partial charge in [0.2, 0.25) is 5.88 Å². The number of aliphatic carboxylic acids is 1. The van der Waals surface area contributed by atoms with Gasteiger partial charge in [0.05, 0.1) is 12.7 Å². The fraction of sp³-hybridized carbons (Fsp3) is 0.167. The first-order valence-corrected chi connectivity index (χ1v) is 8.49. The molecule has 0 aliphatic carbocycles. The summed E-state index contributed by atoms with van der Waals surface area (Å²) >= 11 is 0. The molecule has 0 spiro atoms. The van der Waals surface area contributed by atoms with Crippen LogP contribution in [0.25, 0.3) is 11.1 Å². The number of carboxylic acids is 1. The Balaban J connectivity index is 1.46. The maximum Gasteiger partial charge on any atom is 0.325 e. The second kappa shape index (κ2) is 6.12. The van der Waals surface area contributed by atoms with Crippen LogP contribution < -0.4 is 9.64 Å². The highest BCUT2D eigenvalue weighted by atomic mass is 19.1. The lowest BCUT2D eigenvalue weighted by Crippen LogP contribution is -2.35. The topological polar surface area (TPSA) is 106 Å². The van der Waals surface area contributed by atoms with E-state index >= 15 is 0 Å². The van der Waals surface area contributed by atoms with Crippen molar-refractivity contribution in [2.24, 2.45) is 4.99 Å². The average Bonchev–Trinajstić information content (AvgIpc) is 3.00. The summed E-state index contributed by atoms with van der Waals surface area (Å²) in [6, 6.07) is 4.84. The number of aromatic nitrogens is 4. The minimum absolute atomic E-state index is 0.281. The van der Waals surface area contributed by atoms with Gasteiger partial charge >= 0.3 is 5.97 Å². The van der Waals surface area contributed by atoms with Gasteiger partial charge in [-0.15, -0.1) is 0 Å². The van der Waals surface area contributed by atoms with Gasteiger partial charge in [0.15, 0.2) is 11.7 Å². The number of carboxylic acid groups (broad SMARTS) is 1. The van der Waals surface area contributed by atoms with Crippen LogP contribution in [0.3, 0.4) is 0 Å². The highest BCUT2D eigenvalue weighted by Crippen LogP contribution is 2.38. The van der Waals surface area contributed by atoms with Gasteiger partial charge in [-0.3, -0.25) is 9.48 Å². The molecule has 4 heterocycles. The fourth-order valence-corrected chi connectivity index (χ4v) is 3.27. The molecule has 5 rings (SSSR count). The molecule has 3 aromatic rings. The van der Waals surface area contributed by atoms with Gasteiger partial charge in [-0.25, -0.2) is 19.4 Å². The van der Waals surface area contributed by atoms with E-state index in [0.717, 1.165) is 5.56 Å². The van der Waals surface area contributed by atoms with Crippen molar-refractivity contribution in [1.82, 2.24) is 19.7 Å². The first-order valence-electron chi connectivity index (χ1n) is 8.49. The number of carbonyl (C=O) groups is 1. The van der Waals surface area contributed by atoms with Crippen LogP contribution in [-0.4, -0.2) is 49.8 Å². The molecule has 1 aromatic carbocycles. The number of hydrogen-bond donors (Lipinski definition) is 1. The standard InChI is InChI=1S/C18H13FN6O3/c19-13-5-11(1-2-12(13)10-6-22-24(7-10)8-14(26)27)25-3-4-28-18-15-16(20-9-21-18)23-17(15)25/h1-2,5-7,9H,3-4,8H2,(H,26,27). The van der Waals surface area contributed by atoms with E-state index in [-0.39, 0.29) is 6.54 Å². The lowest BCUT2D eigenvalue weighted by molar-refractivity contribution is -0.137. The largest absolute Gasteiger partial charge is 0.480 e. The summed E-state index contributed by atoms with van der Waals surface area (Å²) in [6.45, 7) is 0.592. The van der Waals surface area contributed by atoms with Gasteiger partial charge in [-0.1, -0.05) is 0 Å². The Hall–Kier alpha value is -3.82. The number of anilines is 1. The molecule has 140 valence electrons. The summed E-state index contributed by atoms with van der Waals surface area (Å²) in [5.41, 5.74) is 2.21. The van der Waals surface area contributed by atoms with E-state index in [0.29, 0.717) is 47.5 Å². The Morgan fingerprint density at radius 3 is 3.04 bits per heavy atom. The van der Waals surface area contributed by atoms with Crippen LogP contribution in [0.2, 0.25) is 0 Å².